The molecule has 0 aliphatic carbocycles. The van der Waals surface area contributed by atoms with E-state index in [0.717, 1.165) is 0 Å². The van der Waals surface area contributed by atoms with Gasteiger partial charge in [0.2, 0.25) is 21.8 Å². The van der Waals surface area contributed by atoms with Crippen molar-refractivity contribution in [3.8, 4) is 5.75 Å². The molecule has 8 nitrogen and oxygen atoms in total. The fraction of sp³-hybridized carbons (Fsp3) is 0.364. The lowest BCUT2D eigenvalue weighted by atomic mass is 9.98. The third kappa shape index (κ3) is 5.62. The number of piperidine rings is 1. The minimum atomic E-state index is -3.72. The van der Waals surface area contributed by atoms with Gasteiger partial charge >= 0.3 is 0 Å². The molecule has 0 spiro atoms. The molecule has 0 unspecified atom stereocenters. The molecule has 0 radical (unpaired) electrons. The van der Waals surface area contributed by atoms with Crippen LogP contribution in [0.1, 0.15) is 19.8 Å². The van der Waals surface area contributed by atoms with Crippen LogP contribution < -0.4 is 15.4 Å². The van der Waals surface area contributed by atoms with Gasteiger partial charge in [-0.05, 0) is 56.2 Å². The van der Waals surface area contributed by atoms with Crippen LogP contribution in [-0.2, 0) is 19.6 Å². The highest BCUT2D eigenvalue weighted by atomic mass is 32.2. The summed E-state index contributed by atoms with van der Waals surface area (Å²) in [7, 11) is -2.21. The first-order chi connectivity index (χ1) is 14.8. The average molecular weight is 446 g/mol. The minimum absolute atomic E-state index is 0.0766. The molecule has 2 amide bonds. The molecule has 0 aromatic heterocycles. The summed E-state index contributed by atoms with van der Waals surface area (Å²) in [5.74, 6) is -0.616. The lowest BCUT2D eigenvalue weighted by Crippen LogP contribution is -2.49. The summed E-state index contributed by atoms with van der Waals surface area (Å²) >= 11 is 0. The van der Waals surface area contributed by atoms with E-state index in [-0.39, 0.29) is 23.3 Å². The van der Waals surface area contributed by atoms with Crippen LogP contribution in [0.15, 0.2) is 59.5 Å². The number of ether oxygens (including phenoxy) is 1. The summed E-state index contributed by atoms with van der Waals surface area (Å²) in [6, 6.07) is 14.4. The molecule has 2 atom stereocenters. The maximum atomic E-state index is 13.0. The summed E-state index contributed by atoms with van der Waals surface area (Å²) in [6.45, 7) is 2.03. The lowest BCUT2D eigenvalue weighted by molar-refractivity contribution is -0.129. The Morgan fingerprint density at radius 2 is 1.77 bits per heavy atom. The third-order valence-corrected chi connectivity index (χ3v) is 7.12. The van der Waals surface area contributed by atoms with Crippen molar-refractivity contribution in [1.82, 2.24) is 9.62 Å². The van der Waals surface area contributed by atoms with Crippen LogP contribution in [-0.4, -0.2) is 50.8 Å². The zero-order chi connectivity index (χ0) is 22.4. The summed E-state index contributed by atoms with van der Waals surface area (Å²) < 4.78 is 32.4. The van der Waals surface area contributed by atoms with E-state index < -0.39 is 22.0 Å². The summed E-state index contributed by atoms with van der Waals surface area (Å²) in [6.07, 6.45) is 1.13. The molecular weight excluding hydrogens is 418 g/mol. The number of carbonyl (C=O) groups is 2. The van der Waals surface area contributed by atoms with Crippen LogP contribution in [0, 0.1) is 5.92 Å². The van der Waals surface area contributed by atoms with Gasteiger partial charge < -0.3 is 15.4 Å². The predicted octanol–water partition coefficient (Wildman–Crippen LogP) is 2.24. The van der Waals surface area contributed by atoms with E-state index in [2.05, 4.69) is 10.6 Å². The Morgan fingerprint density at radius 3 is 2.42 bits per heavy atom. The number of rotatable bonds is 7. The molecule has 2 N–H and O–H groups in total. The highest BCUT2D eigenvalue weighted by Crippen LogP contribution is 2.25. The number of methoxy groups -OCH3 is 1. The maximum Gasteiger partial charge on any atom is 0.246 e. The SMILES string of the molecule is COc1ccc(S(=O)(=O)N2CCC[C@@H](C(=O)N[C@@H](C)C(=O)Nc3ccccc3)C2)cc1. The van der Waals surface area contributed by atoms with Crippen molar-refractivity contribution in [2.45, 2.75) is 30.7 Å². The van der Waals surface area contributed by atoms with Crippen LogP contribution in [0.4, 0.5) is 5.69 Å². The van der Waals surface area contributed by atoms with E-state index >= 15 is 0 Å². The Kier molecular flexibility index (Phi) is 7.29. The quantitative estimate of drug-likeness (QED) is 0.680. The van der Waals surface area contributed by atoms with Gasteiger partial charge in [-0.15, -0.1) is 0 Å². The minimum Gasteiger partial charge on any atom is -0.497 e. The molecule has 0 saturated carbocycles. The Balaban J connectivity index is 1.61. The molecule has 31 heavy (non-hydrogen) atoms. The molecule has 2 aromatic carbocycles. The molecule has 9 heteroatoms. The van der Waals surface area contributed by atoms with E-state index in [1.165, 1.54) is 23.5 Å². The Morgan fingerprint density at radius 1 is 1.10 bits per heavy atom. The van der Waals surface area contributed by atoms with Crippen LogP contribution in [0.25, 0.3) is 0 Å². The Hall–Kier alpha value is -2.91. The van der Waals surface area contributed by atoms with Gasteiger partial charge in [0.15, 0.2) is 0 Å². The van der Waals surface area contributed by atoms with Gasteiger partial charge in [-0.1, -0.05) is 18.2 Å². The summed E-state index contributed by atoms with van der Waals surface area (Å²) in [4.78, 5) is 25.2. The molecule has 1 aliphatic heterocycles. The van der Waals surface area contributed by atoms with Crippen LogP contribution in [0.5, 0.6) is 5.75 Å². The van der Waals surface area contributed by atoms with Crippen molar-refractivity contribution >= 4 is 27.5 Å². The van der Waals surface area contributed by atoms with Crippen LogP contribution in [0.3, 0.4) is 0 Å². The van der Waals surface area contributed by atoms with E-state index in [9.17, 15) is 18.0 Å². The van der Waals surface area contributed by atoms with E-state index in [0.29, 0.717) is 30.8 Å². The second kappa shape index (κ2) is 9.93. The molecule has 1 fully saturated rings. The van der Waals surface area contributed by atoms with Crippen molar-refractivity contribution in [2.75, 3.05) is 25.5 Å². The van der Waals surface area contributed by atoms with Gasteiger partial charge in [0.05, 0.1) is 17.9 Å². The number of amides is 2. The van der Waals surface area contributed by atoms with Crippen molar-refractivity contribution < 1.29 is 22.7 Å². The highest BCUT2D eigenvalue weighted by molar-refractivity contribution is 7.89. The fourth-order valence-electron chi connectivity index (χ4n) is 3.44. The van der Waals surface area contributed by atoms with E-state index in [1.807, 2.05) is 6.07 Å². The second-order valence-corrected chi connectivity index (χ2v) is 9.40. The lowest BCUT2D eigenvalue weighted by Gasteiger charge is -2.31. The number of benzene rings is 2. The predicted molar refractivity (Wildman–Crippen MR) is 117 cm³/mol. The molecule has 166 valence electrons. The maximum absolute atomic E-state index is 13.0. The van der Waals surface area contributed by atoms with Gasteiger partial charge in [0.25, 0.3) is 0 Å². The number of hydrogen-bond donors (Lipinski definition) is 2. The smallest absolute Gasteiger partial charge is 0.246 e. The fourth-order valence-corrected chi connectivity index (χ4v) is 4.96. The first-order valence-corrected chi connectivity index (χ1v) is 11.6. The number of para-hydroxylation sites is 1. The van der Waals surface area contributed by atoms with Crippen LogP contribution >= 0.6 is 0 Å². The second-order valence-electron chi connectivity index (χ2n) is 7.46. The molecule has 1 aliphatic rings. The molecule has 1 saturated heterocycles. The number of carbonyl (C=O) groups excluding carboxylic acids is 2. The first kappa shape index (κ1) is 22.8. The van der Waals surface area contributed by atoms with E-state index in [1.54, 1.807) is 43.3 Å². The number of nitrogens with one attached hydrogen (secondary N) is 2. The highest BCUT2D eigenvalue weighted by Gasteiger charge is 2.34. The number of hydrogen-bond acceptors (Lipinski definition) is 5. The molecule has 3 rings (SSSR count). The van der Waals surface area contributed by atoms with Gasteiger partial charge in [-0.3, -0.25) is 9.59 Å². The van der Waals surface area contributed by atoms with Crippen molar-refractivity contribution in [3.63, 3.8) is 0 Å². The van der Waals surface area contributed by atoms with Gasteiger partial charge in [0, 0.05) is 18.8 Å². The summed E-state index contributed by atoms with van der Waals surface area (Å²) in [5.41, 5.74) is 0.642. The van der Waals surface area contributed by atoms with Crippen molar-refractivity contribution in [3.05, 3.63) is 54.6 Å². The monoisotopic (exact) mass is 445 g/mol. The zero-order valence-corrected chi connectivity index (χ0v) is 18.4. The Labute approximate surface area is 182 Å². The standard InChI is InChI=1S/C22H27N3O5S/c1-16(21(26)24-18-8-4-3-5-9-18)23-22(27)17-7-6-14-25(15-17)31(28,29)20-12-10-19(30-2)11-13-20/h3-5,8-13,16-17H,6-7,14-15H2,1-2H3,(H,23,27)(H,24,26)/t16-,17+/m0/s1. The molecule has 1 heterocycles. The van der Waals surface area contributed by atoms with E-state index in [4.69, 9.17) is 4.74 Å². The van der Waals surface area contributed by atoms with Gasteiger partial charge in [0.1, 0.15) is 11.8 Å². The normalized spacial score (nSPS) is 18.1. The number of sulfonamides is 1. The number of nitrogens with zero attached hydrogens (tertiary/aromatic N) is 1. The zero-order valence-electron chi connectivity index (χ0n) is 17.6. The van der Waals surface area contributed by atoms with Crippen molar-refractivity contribution in [2.24, 2.45) is 5.92 Å². The Bertz CT molecular complexity index is 1010. The molecule has 2 aromatic rings. The molecule has 0 bridgehead atoms. The largest absolute Gasteiger partial charge is 0.497 e. The van der Waals surface area contributed by atoms with Gasteiger partial charge in [-0.2, -0.15) is 4.31 Å². The number of anilines is 1. The van der Waals surface area contributed by atoms with Crippen LogP contribution in [0.2, 0.25) is 0 Å². The third-order valence-electron chi connectivity index (χ3n) is 5.25. The van der Waals surface area contributed by atoms with Crippen molar-refractivity contribution in [1.29, 1.82) is 0 Å². The average Bonchev–Trinajstić information content (AvgIpc) is 2.79. The first-order valence-electron chi connectivity index (χ1n) is 10.1. The van der Waals surface area contributed by atoms with Gasteiger partial charge in [-0.25, -0.2) is 8.42 Å². The summed E-state index contributed by atoms with van der Waals surface area (Å²) in [5, 5.41) is 5.45. The molecular formula is C22H27N3O5S. The topological polar surface area (TPSA) is 105 Å².